The quantitative estimate of drug-likeness (QED) is 0.246. The number of carbonyl (C=O) groups is 3. The lowest BCUT2D eigenvalue weighted by atomic mass is 9.83. The molecule has 9 heteroatoms. The van der Waals surface area contributed by atoms with Crippen molar-refractivity contribution in [2.45, 2.75) is 97.1 Å². The van der Waals surface area contributed by atoms with Gasteiger partial charge in [-0.3, -0.25) is 14.4 Å². The first kappa shape index (κ1) is 28.8. The number of carbonyl (C=O) groups excluding carboxylic acids is 3. The second-order valence-electron chi connectivity index (χ2n) is 9.04. The van der Waals surface area contributed by atoms with Crippen molar-refractivity contribution < 1.29 is 37.1 Å². The van der Waals surface area contributed by atoms with Gasteiger partial charge in [0.2, 0.25) is 0 Å². The second-order valence-corrected chi connectivity index (χ2v) is 11.5. The average molecular weight is 509 g/mol. The first-order chi connectivity index (χ1) is 16.7. The Morgan fingerprint density at radius 1 is 0.800 bits per heavy atom. The standard InChI is InChI=1S/C26H40O8Si/c1-5-6-7-17-30-25-13-9-23(10-14-25)24-11-15-26(16-12-24)31-18-8-19-35(32-20(2)27,33-21(3)28)34-22(4)29/h9-10,13-14,24,26H,5-8,11-12,15-19H2,1-4H3. The van der Waals surface area contributed by atoms with Crippen LogP contribution in [0.5, 0.6) is 5.75 Å². The molecule has 1 saturated carbocycles. The summed E-state index contributed by atoms with van der Waals surface area (Å²) in [5.41, 5.74) is 1.34. The van der Waals surface area contributed by atoms with Crippen LogP contribution in [-0.4, -0.2) is 46.0 Å². The van der Waals surface area contributed by atoms with Crippen LogP contribution in [0.1, 0.15) is 90.5 Å². The number of hydrogen-bond acceptors (Lipinski definition) is 8. The Morgan fingerprint density at radius 2 is 1.37 bits per heavy atom. The van der Waals surface area contributed by atoms with E-state index in [0.717, 1.165) is 44.5 Å². The maximum atomic E-state index is 11.5. The van der Waals surface area contributed by atoms with E-state index in [0.29, 0.717) is 18.9 Å². The molecule has 1 aliphatic carbocycles. The molecule has 0 spiro atoms. The van der Waals surface area contributed by atoms with Crippen molar-refractivity contribution in [3.63, 3.8) is 0 Å². The molecule has 35 heavy (non-hydrogen) atoms. The van der Waals surface area contributed by atoms with E-state index in [2.05, 4.69) is 31.2 Å². The van der Waals surface area contributed by atoms with Gasteiger partial charge in [0.1, 0.15) is 5.75 Å². The lowest BCUT2D eigenvalue weighted by Gasteiger charge is -2.29. The largest absolute Gasteiger partial charge is 0.705 e. The molecule has 0 saturated heterocycles. The highest BCUT2D eigenvalue weighted by Crippen LogP contribution is 2.35. The molecule has 196 valence electrons. The minimum absolute atomic E-state index is 0.133. The van der Waals surface area contributed by atoms with Gasteiger partial charge in [0, 0.05) is 27.4 Å². The molecule has 0 unspecified atom stereocenters. The number of ether oxygens (including phenoxy) is 2. The third-order valence-corrected chi connectivity index (χ3v) is 8.68. The smallest absolute Gasteiger partial charge is 0.494 e. The third kappa shape index (κ3) is 10.8. The Labute approximate surface area is 210 Å². The van der Waals surface area contributed by atoms with Crippen molar-refractivity contribution in [1.82, 2.24) is 0 Å². The summed E-state index contributed by atoms with van der Waals surface area (Å²) in [6, 6.07) is 8.60. The van der Waals surface area contributed by atoms with Crippen LogP contribution in [0, 0.1) is 0 Å². The molecule has 0 aromatic heterocycles. The van der Waals surface area contributed by atoms with Gasteiger partial charge < -0.3 is 22.8 Å². The van der Waals surface area contributed by atoms with Crippen molar-refractivity contribution in [3.05, 3.63) is 29.8 Å². The molecular formula is C26H40O8Si. The Kier molecular flexibility index (Phi) is 12.3. The number of hydrogen-bond donors (Lipinski definition) is 0. The molecule has 0 N–H and O–H groups in total. The van der Waals surface area contributed by atoms with E-state index < -0.39 is 26.7 Å². The van der Waals surface area contributed by atoms with Crippen LogP contribution in [-0.2, 0) is 32.4 Å². The molecule has 0 atom stereocenters. The Balaban J connectivity index is 1.76. The molecule has 8 nitrogen and oxygen atoms in total. The maximum Gasteiger partial charge on any atom is 0.705 e. The van der Waals surface area contributed by atoms with Crippen molar-refractivity contribution >= 4 is 26.7 Å². The summed E-state index contributed by atoms with van der Waals surface area (Å²) >= 11 is 0. The van der Waals surface area contributed by atoms with Crippen LogP contribution in [0.3, 0.4) is 0 Å². The highest BCUT2D eigenvalue weighted by Gasteiger charge is 2.51. The zero-order valence-corrected chi connectivity index (χ0v) is 22.5. The van der Waals surface area contributed by atoms with Gasteiger partial charge in [-0.25, -0.2) is 0 Å². The lowest BCUT2D eigenvalue weighted by Crippen LogP contribution is -2.49. The molecular weight excluding hydrogens is 468 g/mol. The van der Waals surface area contributed by atoms with E-state index in [1.807, 2.05) is 0 Å². The van der Waals surface area contributed by atoms with Crippen molar-refractivity contribution in [2.75, 3.05) is 13.2 Å². The molecule has 0 radical (unpaired) electrons. The first-order valence-electron chi connectivity index (χ1n) is 12.7. The molecule has 0 aliphatic heterocycles. The van der Waals surface area contributed by atoms with E-state index in [9.17, 15) is 14.4 Å². The topological polar surface area (TPSA) is 97.4 Å². The molecule has 1 fully saturated rings. The van der Waals surface area contributed by atoms with Crippen LogP contribution in [0.15, 0.2) is 24.3 Å². The van der Waals surface area contributed by atoms with Gasteiger partial charge in [0.25, 0.3) is 17.9 Å². The van der Waals surface area contributed by atoms with Gasteiger partial charge in [-0.15, -0.1) is 0 Å². The predicted molar refractivity (Wildman–Crippen MR) is 133 cm³/mol. The molecule has 0 bridgehead atoms. The lowest BCUT2D eigenvalue weighted by molar-refractivity contribution is -0.147. The Morgan fingerprint density at radius 3 is 1.89 bits per heavy atom. The summed E-state index contributed by atoms with van der Waals surface area (Å²) in [5, 5.41) is 0. The van der Waals surface area contributed by atoms with E-state index >= 15 is 0 Å². The van der Waals surface area contributed by atoms with E-state index in [-0.39, 0.29) is 12.1 Å². The van der Waals surface area contributed by atoms with Gasteiger partial charge in [-0.05, 0) is 62.1 Å². The maximum absolute atomic E-state index is 11.5. The molecule has 0 amide bonds. The van der Waals surface area contributed by atoms with Gasteiger partial charge in [-0.2, -0.15) is 0 Å². The van der Waals surface area contributed by atoms with E-state index in [1.54, 1.807) is 0 Å². The van der Waals surface area contributed by atoms with E-state index in [4.69, 9.17) is 22.8 Å². The third-order valence-electron chi connectivity index (χ3n) is 5.92. The van der Waals surface area contributed by atoms with Gasteiger partial charge in [0.15, 0.2) is 0 Å². The van der Waals surface area contributed by atoms with Crippen molar-refractivity contribution in [1.29, 1.82) is 0 Å². The van der Waals surface area contributed by atoms with Crippen LogP contribution in [0.2, 0.25) is 6.04 Å². The van der Waals surface area contributed by atoms with Crippen LogP contribution < -0.4 is 4.74 Å². The fourth-order valence-electron chi connectivity index (χ4n) is 4.35. The average Bonchev–Trinajstić information content (AvgIpc) is 2.79. The zero-order chi connectivity index (χ0) is 25.7. The SMILES string of the molecule is CCCCCOc1ccc(C2CCC(OCCC[Si](OC(C)=O)(OC(C)=O)OC(C)=O)CC2)cc1. The summed E-state index contributed by atoms with van der Waals surface area (Å²) < 4.78 is 27.5. The van der Waals surface area contributed by atoms with E-state index in [1.165, 1.54) is 39.2 Å². The van der Waals surface area contributed by atoms with Gasteiger partial charge in [-0.1, -0.05) is 31.9 Å². The molecule has 2 rings (SSSR count). The molecule has 1 aromatic carbocycles. The van der Waals surface area contributed by atoms with Crippen molar-refractivity contribution in [2.24, 2.45) is 0 Å². The van der Waals surface area contributed by atoms with Crippen molar-refractivity contribution in [3.8, 4) is 5.75 Å². The summed E-state index contributed by atoms with van der Waals surface area (Å²) in [5.74, 6) is -0.530. The summed E-state index contributed by atoms with van der Waals surface area (Å²) in [6.45, 7) is 6.93. The van der Waals surface area contributed by atoms with Crippen LogP contribution >= 0.6 is 0 Å². The first-order valence-corrected chi connectivity index (χ1v) is 14.6. The van der Waals surface area contributed by atoms with Gasteiger partial charge >= 0.3 is 8.80 Å². The Bertz CT molecular complexity index is 761. The number of benzene rings is 1. The normalized spacial score (nSPS) is 17.9. The summed E-state index contributed by atoms with van der Waals surface area (Å²) in [4.78, 5) is 34.6. The minimum atomic E-state index is -3.78. The fourth-order valence-corrected chi connectivity index (χ4v) is 6.67. The number of unbranched alkanes of at least 4 members (excludes halogenated alkanes) is 2. The fraction of sp³-hybridized carbons (Fsp3) is 0.654. The van der Waals surface area contributed by atoms with Crippen LogP contribution in [0.25, 0.3) is 0 Å². The minimum Gasteiger partial charge on any atom is -0.494 e. The zero-order valence-electron chi connectivity index (χ0n) is 21.5. The monoisotopic (exact) mass is 508 g/mol. The Hall–Kier alpha value is -2.39. The second kappa shape index (κ2) is 14.9. The number of rotatable bonds is 14. The molecule has 0 heterocycles. The summed E-state index contributed by atoms with van der Waals surface area (Å²) in [7, 11) is -3.78. The highest BCUT2D eigenvalue weighted by molar-refractivity contribution is 6.65. The predicted octanol–water partition coefficient (Wildman–Crippen LogP) is 5.32. The van der Waals surface area contributed by atoms with Gasteiger partial charge in [0.05, 0.1) is 18.8 Å². The summed E-state index contributed by atoms with van der Waals surface area (Å²) in [6.07, 6.45) is 8.08. The molecule has 1 aliphatic rings. The van der Waals surface area contributed by atoms with Crippen LogP contribution in [0.4, 0.5) is 0 Å². The highest BCUT2D eigenvalue weighted by atomic mass is 28.4. The molecule has 1 aromatic rings.